The molecule has 1 heterocycles. The number of benzene rings is 1. The summed E-state index contributed by atoms with van der Waals surface area (Å²) in [7, 11) is 0. The predicted octanol–water partition coefficient (Wildman–Crippen LogP) is 5.12. The summed E-state index contributed by atoms with van der Waals surface area (Å²) in [5.74, 6) is 1.24. The van der Waals surface area contributed by atoms with Crippen LogP contribution >= 0.6 is 15.9 Å². The topological polar surface area (TPSA) is 18.5 Å². The highest BCUT2D eigenvalue weighted by Gasteiger charge is 2.18. The number of halogens is 1. The van der Waals surface area contributed by atoms with Gasteiger partial charge in [-0.1, -0.05) is 47.8 Å². The summed E-state index contributed by atoms with van der Waals surface area (Å²) in [6.07, 6.45) is 6.29. The van der Waals surface area contributed by atoms with Gasteiger partial charge in [-0.2, -0.15) is 0 Å². The lowest BCUT2D eigenvalue weighted by Gasteiger charge is -2.25. The third kappa shape index (κ3) is 5.19. The van der Waals surface area contributed by atoms with E-state index in [-0.39, 0.29) is 0 Å². The molecule has 0 aromatic heterocycles. The van der Waals surface area contributed by atoms with Gasteiger partial charge in [0.25, 0.3) is 0 Å². The number of hydrogen-bond donors (Lipinski definition) is 0. The van der Waals surface area contributed by atoms with Crippen LogP contribution in [0.15, 0.2) is 28.7 Å². The Labute approximate surface area is 131 Å². The van der Waals surface area contributed by atoms with Crippen molar-refractivity contribution < 1.29 is 9.47 Å². The molecule has 0 amide bonds. The molecule has 1 atom stereocenters. The summed E-state index contributed by atoms with van der Waals surface area (Å²) in [6.45, 7) is 4.46. The Morgan fingerprint density at radius 1 is 1.15 bits per heavy atom. The standard InChI is InChI=1S/C17H25BrO2/c1-2-3-4-15(16-7-9-17(18)10-8-16)6-5-14-11-19-13-20-12-14/h7-10,14-15H,2-6,11-13H2,1H3. The molecule has 0 radical (unpaired) electrons. The van der Waals surface area contributed by atoms with E-state index in [2.05, 4.69) is 47.1 Å². The lowest BCUT2D eigenvalue weighted by Crippen LogP contribution is -2.24. The summed E-state index contributed by atoms with van der Waals surface area (Å²) >= 11 is 3.52. The smallest absolute Gasteiger partial charge is 0.146 e. The van der Waals surface area contributed by atoms with Crippen LogP contribution in [0.1, 0.15) is 50.5 Å². The maximum absolute atomic E-state index is 5.39. The second kappa shape index (κ2) is 8.81. The van der Waals surface area contributed by atoms with Crippen LogP contribution in [0.2, 0.25) is 0 Å². The second-order valence-electron chi connectivity index (χ2n) is 5.69. The molecule has 2 nitrogen and oxygen atoms in total. The highest BCUT2D eigenvalue weighted by molar-refractivity contribution is 9.10. The zero-order chi connectivity index (χ0) is 14.2. The van der Waals surface area contributed by atoms with Crippen molar-refractivity contribution in [3.8, 4) is 0 Å². The molecule has 1 unspecified atom stereocenters. The van der Waals surface area contributed by atoms with Gasteiger partial charge in [0.05, 0.1) is 13.2 Å². The molecule has 1 saturated heterocycles. The van der Waals surface area contributed by atoms with E-state index < -0.39 is 0 Å². The Morgan fingerprint density at radius 3 is 2.50 bits per heavy atom. The van der Waals surface area contributed by atoms with Gasteiger partial charge in [-0.25, -0.2) is 0 Å². The van der Waals surface area contributed by atoms with E-state index in [9.17, 15) is 0 Å². The number of rotatable bonds is 7. The van der Waals surface area contributed by atoms with Crippen LogP contribution in [0, 0.1) is 5.92 Å². The third-order valence-electron chi connectivity index (χ3n) is 4.04. The summed E-state index contributed by atoms with van der Waals surface area (Å²) in [5.41, 5.74) is 1.47. The van der Waals surface area contributed by atoms with E-state index in [1.807, 2.05) is 0 Å². The molecular weight excluding hydrogens is 316 g/mol. The fourth-order valence-corrected chi connectivity index (χ4v) is 3.07. The molecule has 112 valence electrons. The normalized spacial score (nSPS) is 18.1. The Balaban J connectivity index is 1.90. The second-order valence-corrected chi connectivity index (χ2v) is 6.61. The molecule has 0 bridgehead atoms. The van der Waals surface area contributed by atoms with Gasteiger partial charge in [0.2, 0.25) is 0 Å². The molecule has 20 heavy (non-hydrogen) atoms. The lowest BCUT2D eigenvalue weighted by atomic mass is 9.87. The highest BCUT2D eigenvalue weighted by Crippen LogP contribution is 2.30. The zero-order valence-electron chi connectivity index (χ0n) is 12.3. The van der Waals surface area contributed by atoms with Crippen LogP contribution in [0.5, 0.6) is 0 Å². The van der Waals surface area contributed by atoms with Gasteiger partial charge in [0.1, 0.15) is 6.79 Å². The quantitative estimate of drug-likeness (QED) is 0.685. The Bertz CT molecular complexity index is 371. The van der Waals surface area contributed by atoms with Crippen LogP contribution in [0.25, 0.3) is 0 Å². The van der Waals surface area contributed by atoms with Crippen molar-refractivity contribution in [3.63, 3.8) is 0 Å². The van der Waals surface area contributed by atoms with E-state index in [0.29, 0.717) is 18.6 Å². The van der Waals surface area contributed by atoms with Gasteiger partial charge < -0.3 is 9.47 Å². The monoisotopic (exact) mass is 340 g/mol. The number of hydrogen-bond acceptors (Lipinski definition) is 2. The molecule has 1 aliphatic heterocycles. The molecule has 3 heteroatoms. The van der Waals surface area contributed by atoms with Gasteiger partial charge in [-0.15, -0.1) is 0 Å². The summed E-state index contributed by atoms with van der Waals surface area (Å²) in [4.78, 5) is 0. The van der Waals surface area contributed by atoms with Gasteiger partial charge in [0, 0.05) is 10.4 Å². The zero-order valence-corrected chi connectivity index (χ0v) is 13.9. The van der Waals surface area contributed by atoms with Crippen molar-refractivity contribution >= 4 is 15.9 Å². The maximum Gasteiger partial charge on any atom is 0.146 e. The third-order valence-corrected chi connectivity index (χ3v) is 4.57. The first-order valence-electron chi connectivity index (χ1n) is 7.70. The molecular formula is C17H25BrO2. The van der Waals surface area contributed by atoms with Crippen molar-refractivity contribution in [3.05, 3.63) is 34.3 Å². The molecule has 0 saturated carbocycles. The van der Waals surface area contributed by atoms with Crippen LogP contribution in [0.4, 0.5) is 0 Å². The Morgan fingerprint density at radius 2 is 1.85 bits per heavy atom. The predicted molar refractivity (Wildman–Crippen MR) is 85.9 cm³/mol. The number of ether oxygens (including phenoxy) is 2. The highest BCUT2D eigenvalue weighted by atomic mass is 79.9. The lowest BCUT2D eigenvalue weighted by molar-refractivity contribution is -0.127. The molecule has 0 spiro atoms. The van der Waals surface area contributed by atoms with Gasteiger partial charge in [0.15, 0.2) is 0 Å². The summed E-state index contributed by atoms with van der Waals surface area (Å²) < 4.78 is 11.9. The minimum Gasteiger partial charge on any atom is -0.355 e. The fourth-order valence-electron chi connectivity index (χ4n) is 2.80. The average molecular weight is 341 g/mol. The van der Waals surface area contributed by atoms with Crippen LogP contribution in [-0.4, -0.2) is 20.0 Å². The SMILES string of the molecule is CCCCC(CCC1COCOC1)c1ccc(Br)cc1. The van der Waals surface area contributed by atoms with E-state index in [1.54, 1.807) is 0 Å². The minimum absolute atomic E-state index is 0.475. The van der Waals surface area contributed by atoms with E-state index in [1.165, 1.54) is 37.7 Å². The Hall–Kier alpha value is -0.380. The molecule has 2 rings (SSSR count). The van der Waals surface area contributed by atoms with Crippen molar-refractivity contribution in [2.45, 2.75) is 44.9 Å². The first-order valence-corrected chi connectivity index (χ1v) is 8.50. The van der Waals surface area contributed by atoms with Crippen LogP contribution < -0.4 is 0 Å². The Kier molecular flexibility index (Phi) is 7.05. The molecule has 1 fully saturated rings. The maximum atomic E-state index is 5.39. The molecule has 0 N–H and O–H groups in total. The minimum atomic E-state index is 0.475. The van der Waals surface area contributed by atoms with Gasteiger partial charge in [-0.3, -0.25) is 0 Å². The first kappa shape index (κ1) is 16.0. The largest absolute Gasteiger partial charge is 0.355 e. The summed E-state index contributed by atoms with van der Waals surface area (Å²) in [5, 5.41) is 0. The van der Waals surface area contributed by atoms with Crippen molar-refractivity contribution in [1.29, 1.82) is 0 Å². The number of unbranched alkanes of at least 4 members (excludes halogenated alkanes) is 1. The van der Waals surface area contributed by atoms with E-state index >= 15 is 0 Å². The van der Waals surface area contributed by atoms with Gasteiger partial charge >= 0.3 is 0 Å². The van der Waals surface area contributed by atoms with Crippen molar-refractivity contribution in [1.82, 2.24) is 0 Å². The molecule has 1 aromatic carbocycles. The summed E-state index contributed by atoms with van der Waals surface area (Å²) in [6, 6.07) is 8.83. The first-order chi connectivity index (χ1) is 9.79. The van der Waals surface area contributed by atoms with Crippen LogP contribution in [0.3, 0.4) is 0 Å². The van der Waals surface area contributed by atoms with E-state index in [4.69, 9.17) is 9.47 Å². The average Bonchev–Trinajstić information content (AvgIpc) is 2.50. The van der Waals surface area contributed by atoms with E-state index in [0.717, 1.165) is 17.7 Å². The fraction of sp³-hybridized carbons (Fsp3) is 0.647. The van der Waals surface area contributed by atoms with Crippen LogP contribution in [-0.2, 0) is 9.47 Å². The van der Waals surface area contributed by atoms with Crippen molar-refractivity contribution in [2.24, 2.45) is 5.92 Å². The molecule has 0 aliphatic carbocycles. The molecule has 1 aromatic rings. The molecule has 1 aliphatic rings. The van der Waals surface area contributed by atoms with Crippen molar-refractivity contribution in [2.75, 3.05) is 20.0 Å². The van der Waals surface area contributed by atoms with Gasteiger partial charge in [-0.05, 0) is 42.9 Å².